The summed E-state index contributed by atoms with van der Waals surface area (Å²) in [6, 6.07) is 12.6. The lowest BCUT2D eigenvalue weighted by molar-refractivity contribution is 0.0961. The van der Waals surface area contributed by atoms with Crippen LogP contribution in [0.1, 0.15) is 29.7 Å². The maximum Gasteiger partial charge on any atom is 0.126 e. The Hall–Kier alpha value is -1.58. The molecule has 2 aromatic rings. The zero-order valence-corrected chi connectivity index (χ0v) is 14.3. The predicted octanol–water partition coefficient (Wildman–Crippen LogP) is 4.17. The first-order valence-corrected chi connectivity index (χ1v) is 8.73. The lowest BCUT2D eigenvalue weighted by atomic mass is 10.1. The number of nitrogens with zero attached hydrogens (tertiary/aromatic N) is 2. The van der Waals surface area contributed by atoms with Crippen LogP contribution in [0, 0.1) is 6.92 Å². The fourth-order valence-corrected chi connectivity index (χ4v) is 3.30. The van der Waals surface area contributed by atoms with E-state index in [1.165, 1.54) is 5.56 Å². The summed E-state index contributed by atoms with van der Waals surface area (Å²) in [7, 11) is 0. The molecule has 0 spiro atoms. The van der Waals surface area contributed by atoms with Crippen molar-refractivity contribution >= 4 is 11.6 Å². The van der Waals surface area contributed by atoms with E-state index in [2.05, 4.69) is 40.2 Å². The maximum atomic E-state index is 6.20. The molecule has 4 heteroatoms. The van der Waals surface area contributed by atoms with Crippen molar-refractivity contribution in [3.8, 4) is 5.75 Å². The quantitative estimate of drug-likeness (QED) is 0.769. The highest BCUT2D eigenvalue weighted by Gasteiger charge is 2.21. The van der Waals surface area contributed by atoms with Gasteiger partial charge in [0.05, 0.1) is 11.6 Å². The summed E-state index contributed by atoms with van der Waals surface area (Å²) in [5, 5.41) is 0. The molecule has 3 rings (SSSR count). The fraction of sp³-hybridized carbons (Fsp3) is 0.421. The highest BCUT2D eigenvalue weighted by atomic mass is 35.5. The number of aromatic nitrogens is 1. The van der Waals surface area contributed by atoms with Crippen molar-refractivity contribution in [3.63, 3.8) is 0 Å². The molecule has 1 aliphatic heterocycles. The van der Waals surface area contributed by atoms with E-state index in [-0.39, 0.29) is 6.10 Å². The number of benzene rings is 1. The standard InChI is InChI=1S/C19H23ClN2O/c1-15-18(13-20)21-10-7-19(15)23-17-8-11-22(12-9-17)14-16-5-3-2-4-6-16/h2-7,10,17H,8-9,11-14H2,1H3. The van der Waals surface area contributed by atoms with Gasteiger partial charge in [-0.05, 0) is 31.4 Å². The first-order valence-electron chi connectivity index (χ1n) is 8.19. The van der Waals surface area contributed by atoms with Crippen LogP contribution >= 0.6 is 11.6 Å². The third kappa shape index (κ3) is 4.24. The Morgan fingerprint density at radius 3 is 2.61 bits per heavy atom. The molecule has 122 valence electrons. The van der Waals surface area contributed by atoms with Gasteiger partial charge in [-0.25, -0.2) is 0 Å². The van der Waals surface area contributed by atoms with Gasteiger partial charge in [0.1, 0.15) is 11.9 Å². The molecule has 0 saturated carbocycles. The Balaban J connectivity index is 1.53. The molecular weight excluding hydrogens is 308 g/mol. The van der Waals surface area contributed by atoms with Gasteiger partial charge < -0.3 is 4.74 Å². The largest absolute Gasteiger partial charge is 0.490 e. The van der Waals surface area contributed by atoms with Crippen molar-refractivity contribution in [2.45, 2.75) is 38.3 Å². The molecule has 0 unspecified atom stereocenters. The van der Waals surface area contributed by atoms with Gasteiger partial charge in [-0.15, -0.1) is 11.6 Å². The molecule has 23 heavy (non-hydrogen) atoms. The van der Waals surface area contributed by atoms with Crippen LogP contribution < -0.4 is 4.74 Å². The molecule has 0 atom stereocenters. The first kappa shape index (κ1) is 16.3. The van der Waals surface area contributed by atoms with Gasteiger partial charge >= 0.3 is 0 Å². The van der Waals surface area contributed by atoms with Crippen LogP contribution in [0.4, 0.5) is 0 Å². The lowest BCUT2D eigenvalue weighted by Gasteiger charge is -2.32. The van der Waals surface area contributed by atoms with Crippen molar-refractivity contribution in [1.29, 1.82) is 0 Å². The number of hydrogen-bond donors (Lipinski definition) is 0. The van der Waals surface area contributed by atoms with Crippen molar-refractivity contribution in [2.75, 3.05) is 13.1 Å². The number of pyridine rings is 1. The Bertz CT molecular complexity index is 625. The van der Waals surface area contributed by atoms with Crippen LogP contribution in [-0.4, -0.2) is 29.1 Å². The smallest absolute Gasteiger partial charge is 0.126 e. The van der Waals surface area contributed by atoms with Gasteiger partial charge in [-0.3, -0.25) is 9.88 Å². The first-order chi connectivity index (χ1) is 11.3. The van der Waals surface area contributed by atoms with Gasteiger partial charge in [0, 0.05) is 31.4 Å². The molecule has 1 aromatic carbocycles. The summed E-state index contributed by atoms with van der Waals surface area (Å²) in [5.74, 6) is 1.36. The van der Waals surface area contributed by atoms with Crippen LogP contribution in [0.15, 0.2) is 42.6 Å². The minimum absolute atomic E-state index is 0.284. The minimum atomic E-state index is 0.284. The maximum absolute atomic E-state index is 6.20. The number of piperidine rings is 1. The average molecular weight is 331 g/mol. The van der Waals surface area contributed by atoms with Gasteiger partial charge in [0.25, 0.3) is 0 Å². The Morgan fingerprint density at radius 2 is 1.91 bits per heavy atom. The van der Waals surface area contributed by atoms with Gasteiger partial charge in [0.15, 0.2) is 0 Å². The lowest BCUT2D eigenvalue weighted by Crippen LogP contribution is -2.37. The number of halogens is 1. The fourth-order valence-electron chi connectivity index (χ4n) is 3.03. The summed E-state index contributed by atoms with van der Waals surface area (Å²) in [5.41, 5.74) is 3.35. The van der Waals surface area contributed by atoms with Crippen molar-refractivity contribution in [1.82, 2.24) is 9.88 Å². The number of rotatable bonds is 5. The van der Waals surface area contributed by atoms with E-state index in [0.717, 1.165) is 49.5 Å². The van der Waals surface area contributed by atoms with Crippen LogP contribution in [0.2, 0.25) is 0 Å². The van der Waals surface area contributed by atoms with E-state index in [1.807, 2.05) is 13.0 Å². The second kappa shape index (κ2) is 7.80. The topological polar surface area (TPSA) is 25.4 Å². The monoisotopic (exact) mass is 330 g/mol. The zero-order valence-electron chi connectivity index (χ0n) is 13.5. The van der Waals surface area contributed by atoms with Crippen LogP contribution in [0.5, 0.6) is 5.75 Å². The molecule has 0 amide bonds. The van der Waals surface area contributed by atoms with E-state index in [0.29, 0.717) is 5.88 Å². The van der Waals surface area contributed by atoms with Crippen molar-refractivity contribution < 1.29 is 4.74 Å². The second-order valence-corrected chi connectivity index (χ2v) is 6.36. The van der Waals surface area contributed by atoms with Crippen molar-refractivity contribution in [3.05, 3.63) is 59.4 Å². The molecule has 0 radical (unpaired) electrons. The molecule has 1 saturated heterocycles. The van der Waals surface area contributed by atoms with Crippen molar-refractivity contribution in [2.24, 2.45) is 0 Å². The van der Waals surface area contributed by atoms with Crippen LogP contribution in [-0.2, 0) is 12.4 Å². The summed E-state index contributed by atoms with van der Waals surface area (Å²) in [4.78, 5) is 6.79. The van der Waals surface area contributed by atoms with Gasteiger partial charge in [-0.1, -0.05) is 30.3 Å². The third-order valence-electron chi connectivity index (χ3n) is 4.46. The number of ether oxygens (including phenoxy) is 1. The molecule has 1 aromatic heterocycles. The Morgan fingerprint density at radius 1 is 1.17 bits per heavy atom. The number of alkyl halides is 1. The normalized spacial score (nSPS) is 16.4. The molecular formula is C19H23ClN2O. The highest BCUT2D eigenvalue weighted by molar-refractivity contribution is 6.17. The zero-order chi connectivity index (χ0) is 16.1. The second-order valence-electron chi connectivity index (χ2n) is 6.09. The molecule has 1 aliphatic rings. The summed E-state index contributed by atoms with van der Waals surface area (Å²) in [6.45, 7) is 5.21. The SMILES string of the molecule is Cc1c(OC2CCN(Cc3ccccc3)CC2)ccnc1CCl. The summed E-state index contributed by atoms with van der Waals surface area (Å²) < 4.78 is 6.20. The predicted molar refractivity (Wildman–Crippen MR) is 93.9 cm³/mol. The Labute approximate surface area is 143 Å². The van der Waals surface area contributed by atoms with Gasteiger partial charge in [0.2, 0.25) is 0 Å². The van der Waals surface area contributed by atoms with E-state index >= 15 is 0 Å². The minimum Gasteiger partial charge on any atom is -0.490 e. The van der Waals surface area contributed by atoms with Gasteiger partial charge in [-0.2, -0.15) is 0 Å². The molecule has 0 N–H and O–H groups in total. The van der Waals surface area contributed by atoms with Crippen LogP contribution in [0.25, 0.3) is 0 Å². The number of likely N-dealkylation sites (tertiary alicyclic amines) is 1. The molecule has 0 bridgehead atoms. The van der Waals surface area contributed by atoms with E-state index in [1.54, 1.807) is 6.20 Å². The average Bonchev–Trinajstić information content (AvgIpc) is 2.59. The molecule has 0 aliphatic carbocycles. The third-order valence-corrected chi connectivity index (χ3v) is 4.72. The highest BCUT2D eigenvalue weighted by Crippen LogP contribution is 2.25. The molecule has 1 fully saturated rings. The summed E-state index contributed by atoms with van der Waals surface area (Å²) >= 11 is 5.92. The van der Waals surface area contributed by atoms with E-state index in [4.69, 9.17) is 16.3 Å². The Kier molecular flexibility index (Phi) is 5.52. The summed E-state index contributed by atoms with van der Waals surface area (Å²) in [6.07, 6.45) is 4.19. The molecule has 2 heterocycles. The number of hydrogen-bond acceptors (Lipinski definition) is 3. The van der Waals surface area contributed by atoms with Crippen LogP contribution in [0.3, 0.4) is 0 Å². The van der Waals surface area contributed by atoms with E-state index in [9.17, 15) is 0 Å². The molecule has 3 nitrogen and oxygen atoms in total. The van der Waals surface area contributed by atoms with E-state index < -0.39 is 0 Å².